The van der Waals surface area contributed by atoms with Crippen molar-refractivity contribution in [1.29, 1.82) is 0 Å². The zero-order valence-electron chi connectivity index (χ0n) is 16.9. The van der Waals surface area contributed by atoms with E-state index in [4.69, 9.17) is 4.74 Å². The number of Topliss-reactive ketones (excluding diaryl/α,β-unsaturated/α-hetero) is 1. The molecule has 1 fully saturated rings. The number of hydrogen-bond acceptors (Lipinski definition) is 6. The van der Waals surface area contributed by atoms with Gasteiger partial charge in [-0.15, -0.1) is 0 Å². The molecule has 0 radical (unpaired) electrons. The van der Waals surface area contributed by atoms with E-state index >= 15 is 0 Å². The molecule has 9 heteroatoms. The van der Waals surface area contributed by atoms with Crippen molar-refractivity contribution in [3.05, 3.63) is 48.5 Å². The number of ketones is 1. The molecule has 2 atom stereocenters. The molecule has 162 valence electrons. The van der Waals surface area contributed by atoms with Gasteiger partial charge in [0.15, 0.2) is 0 Å². The molecule has 2 aromatic carbocycles. The van der Waals surface area contributed by atoms with Crippen molar-refractivity contribution in [2.75, 3.05) is 17.7 Å². The minimum Gasteiger partial charge on any atom is -0.481 e. The van der Waals surface area contributed by atoms with Gasteiger partial charge in [-0.3, -0.25) is 19.2 Å². The molecule has 1 aliphatic rings. The second kappa shape index (κ2) is 8.86. The van der Waals surface area contributed by atoms with Crippen molar-refractivity contribution < 1.29 is 34.1 Å². The highest BCUT2D eigenvalue weighted by Gasteiger charge is 2.62. The summed E-state index contributed by atoms with van der Waals surface area (Å²) in [5.41, 5.74) is 1.29. The fraction of sp³-hybridized carbons (Fsp3) is 0.273. The zero-order valence-corrected chi connectivity index (χ0v) is 16.9. The Balaban J connectivity index is 1.69. The van der Waals surface area contributed by atoms with Crippen LogP contribution in [0.4, 0.5) is 11.4 Å². The average molecular weight is 426 g/mol. The van der Waals surface area contributed by atoms with Crippen LogP contribution in [-0.2, 0) is 19.2 Å². The first-order chi connectivity index (χ1) is 14.7. The maximum atomic E-state index is 12.6. The zero-order chi connectivity index (χ0) is 22.7. The molecule has 0 saturated heterocycles. The van der Waals surface area contributed by atoms with Crippen LogP contribution in [-0.4, -0.2) is 40.9 Å². The summed E-state index contributed by atoms with van der Waals surface area (Å²) in [7, 11) is 1.81. The van der Waals surface area contributed by atoms with Crippen LogP contribution in [0.1, 0.15) is 6.92 Å². The van der Waals surface area contributed by atoms with Crippen LogP contribution in [0.3, 0.4) is 0 Å². The predicted octanol–water partition coefficient (Wildman–Crippen LogP) is 2.70. The van der Waals surface area contributed by atoms with E-state index in [2.05, 4.69) is 10.6 Å². The Labute approximate surface area is 178 Å². The summed E-state index contributed by atoms with van der Waals surface area (Å²) in [5, 5.41) is 24.3. The topological polar surface area (TPSA) is 142 Å². The second-order valence-electron chi connectivity index (χ2n) is 7.28. The molecule has 0 aromatic heterocycles. The van der Waals surface area contributed by atoms with Crippen molar-refractivity contribution in [3.63, 3.8) is 0 Å². The van der Waals surface area contributed by atoms with E-state index < -0.39 is 47.3 Å². The Bertz CT molecular complexity index is 980. The molecule has 31 heavy (non-hydrogen) atoms. The third-order valence-electron chi connectivity index (χ3n) is 5.39. The third-order valence-corrected chi connectivity index (χ3v) is 5.39. The van der Waals surface area contributed by atoms with E-state index in [-0.39, 0.29) is 0 Å². The molecule has 0 aliphatic heterocycles. The smallest absolute Gasteiger partial charge is 0.308 e. The maximum absolute atomic E-state index is 12.6. The largest absolute Gasteiger partial charge is 0.481 e. The molecule has 1 aliphatic carbocycles. The number of anilines is 2. The van der Waals surface area contributed by atoms with E-state index in [1.807, 2.05) is 19.2 Å². The minimum absolute atomic E-state index is 0.349. The quantitative estimate of drug-likeness (QED) is 0.505. The van der Waals surface area contributed by atoms with Crippen LogP contribution in [0.25, 0.3) is 0 Å². The molecule has 3 rings (SSSR count). The highest BCUT2D eigenvalue weighted by Crippen LogP contribution is 2.47. The van der Waals surface area contributed by atoms with Crippen molar-refractivity contribution in [2.45, 2.75) is 6.92 Å². The first-order valence-corrected chi connectivity index (χ1v) is 9.55. The van der Waals surface area contributed by atoms with Crippen LogP contribution in [0.2, 0.25) is 0 Å². The average Bonchev–Trinajstić information content (AvgIpc) is 2.68. The number of amides is 1. The molecule has 1 amide bonds. The lowest BCUT2D eigenvalue weighted by atomic mass is 9.55. The SMILES string of the molecule is CNc1ccc(Oc2ccc(NC(=O)C3C(C(=O)O)C(C(C)=O)C3C(=O)O)cc2)cc1. The summed E-state index contributed by atoms with van der Waals surface area (Å²) in [6.45, 7) is 1.13. The number of rotatable bonds is 8. The van der Waals surface area contributed by atoms with Crippen molar-refractivity contribution in [2.24, 2.45) is 23.7 Å². The van der Waals surface area contributed by atoms with Gasteiger partial charge < -0.3 is 25.6 Å². The number of aliphatic carboxylic acids is 2. The van der Waals surface area contributed by atoms with Gasteiger partial charge in [-0.1, -0.05) is 0 Å². The van der Waals surface area contributed by atoms with E-state index in [1.165, 1.54) is 0 Å². The summed E-state index contributed by atoms with van der Waals surface area (Å²) in [4.78, 5) is 47.5. The van der Waals surface area contributed by atoms with Crippen LogP contribution in [0, 0.1) is 23.7 Å². The molecule has 1 saturated carbocycles. The van der Waals surface area contributed by atoms with Crippen LogP contribution in [0.5, 0.6) is 11.5 Å². The molecular formula is C22H22N2O7. The first kappa shape index (κ1) is 21.8. The molecule has 0 spiro atoms. The van der Waals surface area contributed by atoms with E-state index in [0.29, 0.717) is 17.2 Å². The maximum Gasteiger partial charge on any atom is 0.308 e. The fourth-order valence-electron chi connectivity index (χ4n) is 3.85. The van der Waals surface area contributed by atoms with Gasteiger partial charge in [-0.2, -0.15) is 0 Å². The van der Waals surface area contributed by atoms with Crippen molar-refractivity contribution >= 4 is 35.0 Å². The number of carboxylic acids is 2. The standard InChI is InChI=1S/C22H22N2O7/c1-11(25)16-18(21(27)28)17(19(16)22(29)30)20(26)24-13-5-9-15(10-6-13)31-14-7-3-12(23-2)4-8-14/h3-10,16-19,23H,1-2H3,(H,24,26)(H,27,28)(H,29,30). The predicted molar refractivity (Wildman–Crippen MR) is 111 cm³/mol. The van der Waals surface area contributed by atoms with Gasteiger partial charge in [0, 0.05) is 24.3 Å². The van der Waals surface area contributed by atoms with Crippen molar-refractivity contribution in [3.8, 4) is 11.5 Å². The molecule has 9 nitrogen and oxygen atoms in total. The highest BCUT2D eigenvalue weighted by atomic mass is 16.5. The number of benzene rings is 2. The van der Waals surface area contributed by atoms with Gasteiger partial charge in [0.05, 0.1) is 17.8 Å². The molecule has 0 bridgehead atoms. The number of carbonyl (C=O) groups excluding carboxylic acids is 2. The normalized spacial score (nSPS) is 22.0. The summed E-state index contributed by atoms with van der Waals surface area (Å²) in [6.07, 6.45) is 0. The van der Waals surface area contributed by atoms with Crippen LogP contribution in [0.15, 0.2) is 48.5 Å². The summed E-state index contributed by atoms with van der Waals surface area (Å²) in [5.74, 6) is -8.24. The second-order valence-corrected chi connectivity index (χ2v) is 7.28. The number of ether oxygens (including phenoxy) is 1. The Hall–Kier alpha value is -3.88. The van der Waals surface area contributed by atoms with Gasteiger partial charge in [-0.05, 0) is 55.5 Å². The Morgan fingerprint density at radius 2 is 1.19 bits per heavy atom. The number of carbonyl (C=O) groups is 4. The number of carboxylic acid groups (broad SMARTS) is 2. The van der Waals surface area contributed by atoms with Gasteiger partial charge in [0.2, 0.25) is 5.91 Å². The van der Waals surface area contributed by atoms with E-state index in [1.54, 1.807) is 36.4 Å². The highest BCUT2D eigenvalue weighted by molar-refractivity contribution is 6.03. The Kier molecular flexibility index (Phi) is 6.24. The molecule has 2 aromatic rings. The molecule has 0 heterocycles. The third kappa shape index (κ3) is 4.50. The summed E-state index contributed by atoms with van der Waals surface area (Å²) >= 11 is 0. The lowest BCUT2D eigenvalue weighted by molar-refractivity contribution is -0.178. The van der Waals surface area contributed by atoms with Gasteiger partial charge in [-0.25, -0.2) is 0 Å². The van der Waals surface area contributed by atoms with Crippen LogP contribution < -0.4 is 15.4 Å². The molecule has 2 unspecified atom stereocenters. The van der Waals surface area contributed by atoms with E-state index in [0.717, 1.165) is 12.6 Å². The van der Waals surface area contributed by atoms with Gasteiger partial charge >= 0.3 is 11.9 Å². The summed E-state index contributed by atoms with van der Waals surface area (Å²) in [6, 6.07) is 13.6. The Morgan fingerprint density at radius 3 is 1.58 bits per heavy atom. The monoisotopic (exact) mass is 426 g/mol. The lowest BCUT2D eigenvalue weighted by Gasteiger charge is -2.45. The van der Waals surface area contributed by atoms with Crippen molar-refractivity contribution in [1.82, 2.24) is 0 Å². The van der Waals surface area contributed by atoms with E-state index in [9.17, 15) is 29.4 Å². The van der Waals surface area contributed by atoms with Gasteiger partial charge in [0.25, 0.3) is 0 Å². The van der Waals surface area contributed by atoms with Gasteiger partial charge in [0.1, 0.15) is 17.3 Å². The first-order valence-electron chi connectivity index (χ1n) is 9.55. The summed E-state index contributed by atoms with van der Waals surface area (Å²) < 4.78 is 5.72. The van der Waals surface area contributed by atoms with Crippen LogP contribution >= 0.6 is 0 Å². The molecular weight excluding hydrogens is 404 g/mol. The molecule has 4 N–H and O–H groups in total. The number of nitrogens with one attached hydrogen (secondary N) is 2. The number of hydrogen-bond donors (Lipinski definition) is 4. The fourth-order valence-corrected chi connectivity index (χ4v) is 3.85. The minimum atomic E-state index is -1.37. The Morgan fingerprint density at radius 1 is 0.742 bits per heavy atom. The lowest BCUT2D eigenvalue weighted by Crippen LogP contribution is -2.60.